The molecule has 0 saturated carbocycles. The summed E-state index contributed by atoms with van der Waals surface area (Å²) in [5.41, 5.74) is 1.31. The van der Waals surface area contributed by atoms with E-state index in [0.29, 0.717) is 0 Å². The molecule has 18 heavy (non-hydrogen) atoms. The van der Waals surface area contributed by atoms with Gasteiger partial charge < -0.3 is 0 Å². The van der Waals surface area contributed by atoms with Crippen LogP contribution in [0.15, 0.2) is 48.5 Å². The van der Waals surface area contributed by atoms with Gasteiger partial charge in [-0.3, -0.25) is 0 Å². The third-order valence-corrected chi connectivity index (χ3v) is 3.76. The van der Waals surface area contributed by atoms with E-state index < -0.39 is 0 Å². The van der Waals surface area contributed by atoms with Crippen molar-refractivity contribution in [2.45, 2.75) is 0 Å². The van der Waals surface area contributed by atoms with Gasteiger partial charge in [0.1, 0.15) is 0 Å². The second-order valence-corrected chi connectivity index (χ2v) is 4.77. The molecule has 0 saturated heterocycles. The normalized spacial score (nSPS) is 12.9. The first-order chi connectivity index (χ1) is 8.84. The van der Waals surface area contributed by atoms with Crippen molar-refractivity contribution in [2.24, 2.45) is 0 Å². The predicted molar refractivity (Wildman–Crippen MR) is 79.7 cm³/mol. The lowest BCUT2D eigenvalue weighted by Crippen LogP contribution is -2.05. The van der Waals surface area contributed by atoms with E-state index >= 15 is 0 Å². The van der Waals surface area contributed by atoms with Crippen molar-refractivity contribution in [3.63, 3.8) is 0 Å². The Hall–Kier alpha value is -2.34. The molecule has 0 radical (unpaired) electrons. The van der Waals surface area contributed by atoms with Crippen molar-refractivity contribution < 1.29 is 0 Å². The molecule has 0 atom stereocenters. The zero-order valence-electron chi connectivity index (χ0n) is 9.98. The van der Waals surface area contributed by atoms with E-state index in [0.717, 1.165) is 5.22 Å². The zero-order chi connectivity index (χ0) is 12.1. The first-order valence-corrected chi connectivity index (χ1v) is 6.16. The van der Waals surface area contributed by atoms with Crippen molar-refractivity contribution in [3.05, 3.63) is 64.5 Å². The first-order valence-electron chi connectivity index (χ1n) is 6.16. The van der Waals surface area contributed by atoms with Crippen LogP contribution >= 0.6 is 0 Å². The molecular weight excluding hydrogens is 216 g/mol. The average molecular weight is 228 g/mol. The summed E-state index contributed by atoms with van der Waals surface area (Å²) in [6.07, 6.45) is 6.47. The van der Waals surface area contributed by atoms with Gasteiger partial charge in [0.05, 0.1) is 0 Å². The Morgan fingerprint density at radius 3 is 2.44 bits per heavy atom. The van der Waals surface area contributed by atoms with E-state index in [-0.39, 0.29) is 0 Å². The van der Waals surface area contributed by atoms with E-state index in [4.69, 9.17) is 0 Å². The topological polar surface area (TPSA) is 0 Å². The van der Waals surface area contributed by atoms with Crippen LogP contribution in [0.5, 0.6) is 0 Å². The average Bonchev–Trinajstić information content (AvgIpc) is 2.87. The van der Waals surface area contributed by atoms with Crippen LogP contribution < -0.4 is 10.4 Å². The standard InChI is InChI=1S/C18H12/c1-12-4-2-7-16-14(12)10-11-17-15-6-3-5-13(15)8-9-18(16)17/h2-11H,1H2. The molecule has 3 aromatic rings. The summed E-state index contributed by atoms with van der Waals surface area (Å²) in [7, 11) is 0. The maximum absolute atomic E-state index is 4.11. The number of hydrogen-bond acceptors (Lipinski definition) is 0. The fourth-order valence-corrected chi connectivity index (χ4v) is 2.86. The fraction of sp³-hybridized carbons (Fsp3) is 0. The van der Waals surface area contributed by atoms with Crippen LogP contribution in [0, 0.1) is 0 Å². The number of fused-ring (bicyclic) bond motifs is 5. The van der Waals surface area contributed by atoms with Gasteiger partial charge in [0.15, 0.2) is 0 Å². The molecule has 1 aliphatic carbocycles. The van der Waals surface area contributed by atoms with Crippen LogP contribution in [-0.4, -0.2) is 0 Å². The molecule has 0 amide bonds. The molecule has 0 aliphatic heterocycles. The van der Waals surface area contributed by atoms with E-state index in [1.165, 1.54) is 32.3 Å². The fourth-order valence-electron chi connectivity index (χ4n) is 2.86. The summed E-state index contributed by atoms with van der Waals surface area (Å²) in [5.74, 6) is 0. The minimum absolute atomic E-state index is 1.09. The largest absolute Gasteiger partial charge is 0.0911 e. The SMILES string of the molecule is C=c1cccc2c1ccc1c3c(ccc12)C=CC=3. The van der Waals surface area contributed by atoms with Crippen molar-refractivity contribution in [1.82, 2.24) is 0 Å². The summed E-state index contributed by atoms with van der Waals surface area (Å²) in [6.45, 7) is 4.11. The minimum atomic E-state index is 1.09. The maximum Gasteiger partial charge on any atom is -0.00987 e. The van der Waals surface area contributed by atoms with Gasteiger partial charge in [-0.25, -0.2) is 0 Å². The Balaban J connectivity index is 2.33. The summed E-state index contributed by atoms with van der Waals surface area (Å²) < 4.78 is 0. The lowest BCUT2D eigenvalue weighted by Gasteiger charge is -2.06. The summed E-state index contributed by atoms with van der Waals surface area (Å²) in [5, 5.41) is 7.62. The molecule has 0 spiro atoms. The van der Waals surface area contributed by atoms with Gasteiger partial charge in [-0.15, -0.1) is 0 Å². The smallest absolute Gasteiger partial charge is 0.00987 e. The molecule has 0 nitrogen and oxygen atoms in total. The second kappa shape index (κ2) is 3.33. The van der Waals surface area contributed by atoms with E-state index in [9.17, 15) is 0 Å². The van der Waals surface area contributed by atoms with Gasteiger partial charge in [0, 0.05) is 0 Å². The number of allylic oxidation sites excluding steroid dienone is 1. The van der Waals surface area contributed by atoms with Crippen LogP contribution in [0.2, 0.25) is 0 Å². The van der Waals surface area contributed by atoms with Gasteiger partial charge in [-0.2, -0.15) is 0 Å². The Morgan fingerprint density at radius 1 is 0.722 bits per heavy atom. The Morgan fingerprint density at radius 2 is 1.50 bits per heavy atom. The molecule has 0 N–H and O–H groups in total. The van der Waals surface area contributed by atoms with Gasteiger partial charge in [-0.1, -0.05) is 67.3 Å². The monoisotopic (exact) mass is 228 g/mol. The van der Waals surface area contributed by atoms with Gasteiger partial charge in [-0.05, 0) is 37.5 Å². The van der Waals surface area contributed by atoms with Crippen molar-refractivity contribution >= 4 is 40.3 Å². The molecule has 84 valence electrons. The van der Waals surface area contributed by atoms with Crippen molar-refractivity contribution in [1.29, 1.82) is 0 Å². The van der Waals surface area contributed by atoms with Crippen LogP contribution in [0.3, 0.4) is 0 Å². The highest BCUT2D eigenvalue weighted by Gasteiger charge is 2.05. The summed E-state index contributed by atoms with van der Waals surface area (Å²) >= 11 is 0. The van der Waals surface area contributed by atoms with Crippen molar-refractivity contribution in [3.8, 4) is 0 Å². The van der Waals surface area contributed by atoms with Gasteiger partial charge in [0.2, 0.25) is 0 Å². The molecule has 0 aromatic heterocycles. The van der Waals surface area contributed by atoms with E-state index in [2.05, 4.69) is 67.3 Å². The minimum Gasteiger partial charge on any atom is -0.0911 e. The lowest BCUT2D eigenvalue weighted by atomic mass is 9.98. The summed E-state index contributed by atoms with van der Waals surface area (Å²) in [6, 6.07) is 15.2. The number of benzene rings is 3. The quantitative estimate of drug-likeness (QED) is 0.518. The molecule has 4 rings (SSSR count). The molecule has 0 heteroatoms. The van der Waals surface area contributed by atoms with Crippen molar-refractivity contribution in [2.75, 3.05) is 0 Å². The Kier molecular flexibility index (Phi) is 1.79. The highest BCUT2D eigenvalue weighted by atomic mass is 14.1. The first kappa shape index (κ1) is 9.67. The Bertz CT molecular complexity index is 928. The zero-order valence-corrected chi connectivity index (χ0v) is 9.98. The van der Waals surface area contributed by atoms with Crippen LogP contribution in [0.25, 0.3) is 40.3 Å². The highest BCUT2D eigenvalue weighted by molar-refractivity contribution is 6.08. The predicted octanol–water partition coefficient (Wildman–Crippen LogP) is 3.21. The molecule has 3 aromatic carbocycles. The van der Waals surface area contributed by atoms with E-state index in [1.54, 1.807) is 0 Å². The van der Waals surface area contributed by atoms with E-state index in [1.807, 2.05) is 0 Å². The number of hydrogen-bond donors (Lipinski definition) is 0. The third kappa shape index (κ3) is 1.15. The third-order valence-electron chi connectivity index (χ3n) is 3.76. The van der Waals surface area contributed by atoms with Crippen LogP contribution in [-0.2, 0) is 0 Å². The van der Waals surface area contributed by atoms with Gasteiger partial charge in [0.25, 0.3) is 0 Å². The van der Waals surface area contributed by atoms with Crippen LogP contribution in [0.1, 0.15) is 5.56 Å². The second-order valence-electron chi connectivity index (χ2n) is 4.77. The highest BCUT2D eigenvalue weighted by Crippen LogP contribution is 2.22. The van der Waals surface area contributed by atoms with Gasteiger partial charge >= 0.3 is 0 Å². The molecule has 0 bridgehead atoms. The molecule has 0 unspecified atom stereocenters. The molecule has 0 fully saturated rings. The lowest BCUT2D eigenvalue weighted by molar-refractivity contribution is 1.66. The molecule has 0 heterocycles. The number of rotatable bonds is 0. The maximum atomic E-state index is 4.11. The molecule has 1 aliphatic rings. The summed E-state index contributed by atoms with van der Waals surface area (Å²) in [4.78, 5) is 0. The molecular formula is C18H12. The van der Waals surface area contributed by atoms with Crippen LogP contribution in [0.4, 0.5) is 0 Å². The Labute approximate surface area is 105 Å².